The zero-order valence-corrected chi connectivity index (χ0v) is 18.7. The molecule has 2 atom stereocenters. The Kier molecular flexibility index (Phi) is 5.02. The van der Waals surface area contributed by atoms with Crippen molar-refractivity contribution in [1.82, 2.24) is 20.2 Å². The largest absolute Gasteiger partial charge is 0.481 e. The summed E-state index contributed by atoms with van der Waals surface area (Å²) in [6.45, 7) is 0. The number of hydrogen-bond donors (Lipinski definition) is 3. The molecule has 2 unspecified atom stereocenters. The van der Waals surface area contributed by atoms with Crippen LogP contribution in [0.4, 0.5) is 10.2 Å². The summed E-state index contributed by atoms with van der Waals surface area (Å²) >= 11 is 6.19. The van der Waals surface area contributed by atoms with Crippen molar-refractivity contribution in [2.24, 2.45) is 17.8 Å². The third-order valence-corrected chi connectivity index (χ3v) is 7.39. The molecule has 3 aliphatic carbocycles. The fraction of sp³-hybridized carbons (Fsp3) is 0.333. The average Bonchev–Trinajstić information content (AvgIpc) is 3.51. The first kappa shape index (κ1) is 21.1. The van der Waals surface area contributed by atoms with E-state index >= 15 is 4.39 Å². The minimum Gasteiger partial charge on any atom is -0.481 e. The van der Waals surface area contributed by atoms with E-state index < -0.39 is 23.7 Å². The van der Waals surface area contributed by atoms with Crippen LogP contribution in [-0.2, 0) is 4.79 Å². The third-order valence-electron chi connectivity index (χ3n) is 7.15. The lowest BCUT2D eigenvalue weighted by Crippen LogP contribution is -2.51. The molecule has 0 amide bonds. The summed E-state index contributed by atoms with van der Waals surface area (Å²) in [6.07, 6.45) is 5.04. The molecule has 4 aromatic rings. The van der Waals surface area contributed by atoms with E-state index in [-0.39, 0.29) is 34.9 Å². The highest BCUT2D eigenvalue weighted by Crippen LogP contribution is 2.46. The molecular formula is C24H21ClFN5O3. The van der Waals surface area contributed by atoms with Crippen LogP contribution in [0, 0.1) is 23.6 Å². The Labute approximate surface area is 198 Å². The van der Waals surface area contributed by atoms with Crippen molar-refractivity contribution in [3.63, 3.8) is 0 Å². The second kappa shape index (κ2) is 8.09. The lowest BCUT2D eigenvalue weighted by atomic mass is 9.61. The topological polar surface area (TPSA) is 117 Å². The van der Waals surface area contributed by atoms with Crippen molar-refractivity contribution in [3.8, 4) is 23.0 Å². The van der Waals surface area contributed by atoms with Gasteiger partial charge in [0.1, 0.15) is 11.4 Å². The van der Waals surface area contributed by atoms with Crippen LogP contribution in [0.1, 0.15) is 25.7 Å². The summed E-state index contributed by atoms with van der Waals surface area (Å²) in [5, 5.41) is 21.6. The number of anilines is 1. The van der Waals surface area contributed by atoms with E-state index in [2.05, 4.69) is 25.5 Å². The maximum Gasteiger partial charge on any atom is 0.308 e. The first-order valence-corrected chi connectivity index (χ1v) is 11.6. The molecular weight excluding hydrogens is 461 g/mol. The van der Waals surface area contributed by atoms with Gasteiger partial charge in [-0.3, -0.25) is 9.89 Å². The zero-order valence-electron chi connectivity index (χ0n) is 18.0. The predicted molar refractivity (Wildman–Crippen MR) is 124 cm³/mol. The van der Waals surface area contributed by atoms with E-state index in [4.69, 9.17) is 16.0 Å². The SMILES string of the molecule is O=C(O)C1C2CCC(CC2)C1Nc1nc(-c2n[nH]c3ccc(Cl)cc23)nc(-c2ccco2)c1F. The fourth-order valence-electron chi connectivity index (χ4n) is 5.55. The Hall–Kier alpha value is -3.46. The Morgan fingerprint density at radius 1 is 1.15 bits per heavy atom. The van der Waals surface area contributed by atoms with Gasteiger partial charge in [-0.15, -0.1) is 0 Å². The summed E-state index contributed by atoms with van der Waals surface area (Å²) in [5.74, 6) is -1.57. The van der Waals surface area contributed by atoms with Crippen LogP contribution in [0.5, 0.6) is 0 Å². The number of rotatable bonds is 5. The number of benzene rings is 1. The van der Waals surface area contributed by atoms with Gasteiger partial charge in [-0.25, -0.2) is 14.4 Å². The molecule has 1 aromatic carbocycles. The number of furan rings is 1. The number of aromatic nitrogens is 4. The quantitative estimate of drug-likeness (QED) is 0.350. The van der Waals surface area contributed by atoms with Gasteiger partial charge in [0.25, 0.3) is 0 Å². The number of halogens is 2. The van der Waals surface area contributed by atoms with Gasteiger partial charge in [-0.1, -0.05) is 11.6 Å². The Morgan fingerprint density at radius 3 is 2.68 bits per heavy atom. The number of hydrogen-bond acceptors (Lipinski definition) is 6. The third kappa shape index (κ3) is 3.42. The van der Waals surface area contributed by atoms with Crippen molar-refractivity contribution >= 4 is 34.3 Å². The summed E-state index contributed by atoms with van der Waals surface area (Å²) in [6, 6.07) is 8.11. The number of carbonyl (C=O) groups is 1. The summed E-state index contributed by atoms with van der Waals surface area (Å²) in [7, 11) is 0. The van der Waals surface area contributed by atoms with Crippen molar-refractivity contribution in [2.45, 2.75) is 31.7 Å². The highest BCUT2D eigenvalue weighted by molar-refractivity contribution is 6.31. The number of nitrogens with zero attached hydrogens (tertiary/aromatic N) is 3. The molecule has 174 valence electrons. The van der Waals surface area contributed by atoms with Gasteiger partial charge in [0.05, 0.1) is 17.7 Å². The Bertz CT molecular complexity index is 1380. The van der Waals surface area contributed by atoms with Crippen LogP contribution >= 0.6 is 11.6 Å². The van der Waals surface area contributed by atoms with Crippen LogP contribution in [0.25, 0.3) is 33.9 Å². The molecule has 0 saturated heterocycles. The number of carboxylic acids is 1. The van der Waals surface area contributed by atoms with Gasteiger partial charge in [0.2, 0.25) is 0 Å². The summed E-state index contributed by atoms with van der Waals surface area (Å²) in [4.78, 5) is 21.0. The lowest BCUT2D eigenvalue weighted by molar-refractivity contribution is -0.148. The molecule has 3 N–H and O–H groups in total. The zero-order chi connectivity index (χ0) is 23.4. The second-order valence-corrected chi connectivity index (χ2v) is 9.44. The van der Waals surface area contributed by atoms with Gasteiger partial charge >= 0.3 is 5.97 Å². The molecule has 3 fully saturated rings. The first-order valence-electron chi connectivity index (χ1n) is 11.2. The average molecular weight is 482 g/mol. The van der Waals surface area contributed by atoms with E-state index in [1.54, 1.807) is 30.3 Å². The Balaban J connectivity index is 1.49. The molecule has 0 spiro atoms. The van der Waals surface area contributed by atoms with Gasteiger partial charge in [0, 0.05) is 16.5 Å². The highest BCUT2D eigenvalue weighted by atomic mass is 35.5. The van der Waals surface area contributed by atoms with E-state index in [9.17, 15) is 9.90 Å². The van der Waals surface area contributed by atoms with Crippen molar-refractivity contribution in [3.05, 3.63) is 47.4 Å². The molecule has 34 heavy (non-hydrogen) atoms. The number of fused-ring (bicyclic) bond motifs is 4. The highest BCUT2D eigenvalue weighted by Gasteiger charge is 2.47. The van der Waals surface area contributed by atoms with Crippen molar-refractivity contribution in [1.29, 1.82) is 0 Å². The molecule has 3 heterocycles. The molecule has 7 rings (SSSR count). The lowest BCUT2D eigenvalue weighted by Gasteiger charge is -2.47. The van der Waals surface area contributed by atoms with Gasteiger partial charge in [-0.2, -0.15) is 5.10 Å². The first-order chi connectivity index (χ1) is 16.5. The molecule has 8 nitrogen and oxygen atoms in total. The van der Waals surface area contributed by atoms with Gasteiger partial charge in [-0.05, 0) is 67.9 Å². The second-order valence-electron chi connectivity index (χ2n) is 9.01. The minimum atomic E-state index is -0.860. The molecule has 3 aliphatic rings. The number of nitrogens with one attached hydrogen (secondary N) is 2. The molecule has 0 radical (unpaired) electrons. The van der Waals surface area contributed by atoms with Crippen LogP contribution in [-0.4, -0.2) is 37.3 Å². The van der Waals surface area contributed by atoms with E-state index in [1.807, 2.05) is 0 Å². The molecule has 3 aromatic heterocycles. The number of carboxylic acid groups (broad SMARTS) is 1. The van der Waals surface area contributed by atoms with Crippen molar-refractivity contribution < 1.29 is 18.7 Å². The van der Waals surface area contributed by atoms with Gasteiger partial charge < -0.3 is 14.8 Å². The molecule has 2 bridgehead atoms. The fourth-order valence-corrected chi connectivity index (χ4v) is 5.72. The normalized spacial score (nSPS) is 23.9. The predicted octanol–water partition coefficient (Wildman–Crippen LogP) is 5.37. The number of aliphatic carboxylic acids is 1. The maximum atomic E-state index is 15.7. The molecule has 3 saturated carbocycles. The van der Waals surface area contributed by atoms with Crippen LogP contribution in [0.3, 0.4) is 0 Å². The van der Waals surface area contributed by atoms with Crippen molar-refractivity contribution in [2.75, 3.05) is 5.32 Å². The number of H-pyrrole nitrogens is 1. The van der Waals surface area contributed by atoms with Gasteiger partial charge in [0.15, 0.2) is 23.2 Å². The Morgan fingerprint density at radius 2 is 1.94 bits per heavy atom. The number of aromatic amines is 1. The smallest absolute Gasteiger partial charge is 0.308 e. The van der Waals surface area contributed by atoms with E-state index in [0.29, 0.717) is 16.1 Å². The summed E-state index contributed by atoms with van der Waals surface area (Å²) < 4.78 is 21.1. The van der Waals surface area contributed by atoms with Crippen LogP contribution in [0.15, 0.2) is 41.0 Å². The standard InChI is InChI=1S/C24H21ClFN5O3/c25-13-7-8-15-14(10-13)20(31-30-15)23-28-21(16-2-1-9-34-16)18(26)22(29-23)27-19-12-5-3-11(4-6-12)17(19)24(32)33/h1-2,7-12,17,19H,3-6H2,(H,30,31)(H,32,33)(H,27,28,29). The monoisotopic (exact) mass is 481 g/mol. The van der Waals surface area contributed by atoms with E-state index in [0.717, 1.165) is 31.2 Å². The van der Waals surface area contributed by atoms with Crippen LogP contribution in [0.2, 0.25) is 5.02 Å². The maximum absolute atomic E-state index is 15.7. The minimum absolute atomic E-state index is 0.0245. The van der Waals surface area contributed by atoms with E-state index in [1.165, 1.54) is 6.26 Å². The van der Waals surface area contributed by atoms with Crippen LogP contribution < -0.4 is 5.32 Å². The molecule has 0 aliphatic heterocycles. The summed E-state index contributed by atoms with van der Waals surface area (Å²) in [5.41, 5.74) is 1.12. The molecule has 10 heteroatoms.